The lowest BCUT2D eigenvalue weighted by Gasteiger charge is -2.06. The summed E-state index contributed by atoms with van der Waals surface area (Å²) in [5.74, 6) is 1.25. The Bertz CT molecular complexity index is 258. The summed E-state index contributed by atoms with van der Waals surface area (Å²) in [6.07, 6.45) is -0.0763. The van der Waals surface area contributed by atoms with Crippen molar-refractivity contribution in [3.05, 3.63) is 11.6 Å². The first-order valence-electron chi connectivity index (χ1n) is 3.91. The molecule has 0 amide bonds. The molecule has 0 aliphatic heterocycles. The first kappa shape index (κ1) is 9.15. The van der Waals surface area contributed by atoms with Crippen LogP contribution < -0.4 is 5.73 Å². The van der Waals surface area contributed by atoms with Crippen molar-refractivity contribution in [2.45, 2.75) is 19.4 Å². The van der Waals surface area contributed by atoms with Gasteiger partial charge in [0.25, 0.3) is 0 Å². The summed E-state index contributed by atoms with van der Waals surface area (Å²) in [6, 6.07) is 0. The summed E-state index contributed by atoms with van der Waals surface area (Å²) in [4.78, 5) is 4.08. The molecule has 0 radical (unpaired) electrons. The predicted octanol–water partition coefficient (Wildman–Crippen LogP) is -0.494. The number of nitrogens with zero attached hydrogens (tertiary/aromatic N) is 3. The van der Waals surface area contributed by atoms with E-state index in [0.29, 0.717) is 24.6 Å². The van der Waals surface area contributed by atoms with Crippen LogP contribution in [0.3, 0.4) is 0 Å². The molecule has 0 saturated carbocycles. The SMILES string of the molecule is Cc1nc(C(O)CCN)n(C)n1. The van der Waals surface area contributed by atoms with Crippen molar-refractivity contribution in [3.63, 3.8) is 0 Å². The zero-order chi connectivity index (χ0) is 9.14. The number of nitrogens with two attached hydrogens (primary N) is 1. The molecule has 5 heteroatoms. The van der Waals surface area contributed by atoms with E-state index in [1.165, 1.54) is 0 Å². The van der Waals surface area contributed by atoms with Gasteiger partial charge in [0, 0.05) is 7.05 Å². The third kappa shape index (κ3) is 1.80. The zero-order valence-corrected chi connectivity index (χ0v) is 7.36. The van der Waals surface area contributed by atoms with Gasteiger partial charge in [-0.3, -0.25) is 4.68 Å². The average Bonchev–Trinajstić information content (AvgIpc) is 2.30. The quantitative estimate of drug-likeness (QED) is 0.641. The molecule has 68 valence electrons. The summed E-state index contributed by atoms with van der Waals surface area (Å²) in [5.41, 5.74) is 5.31. The molecule has 1 aromatic heterocycles. The highest BCUT2D eigenvalue weighted by Gasteiger charge is 2.13. The summed E-state index contributed by atoms with van der Waals surface area (Å²) >= 11 is 0. The molecular weight excluding hydrogens is 156 g/mol. The smallest absolute Gasteiger partial charge is 0.155 e. The minimum absolute atomic E-state index is 0.451. The lowest BCUT2D eigenvalue weighted by molar-refractivity contribution is 0.156. The van der Waals surface area contributed by atoms with E-state index in [2.05, 4.69) is 10.1 Å². The fourth-order valence-electron chi connectivity index (χ4n) is 1.11. The molecule has 0 aliphatic rings. The van der Waals surface area contributed by atoms with Gasteiger partial charge in [-0.2, -0.15) is 5.10 Å². The van der Waals surface area contributed by atoms with Crippen LogP contribution in [-0.4, -0.2) is 26.4 Å². The largest absolute Gasteiger partial charge is 0.385 e. The van der Waals surface area contributed by atoms with Gasteiger partial charge in [0.15, 0.2) is 5.82 Å². The maximum Gasteiger partial charge on any atom is 0.155 e. The maximum absolute atomic E-state index is 9.51. The van der Waals surface area contributed by atoms with E-state index in [4.69, 9.17) is 5.73 Å². The molecule has 0 aliphatic carbocycles. The van der Waals surface area contributed by atoms with Gasteiger partial charge >= 0.3 is 0 Å². The minimum Gasteiger partial charge on any atom is -0.385 e. The van der Waals surface area contributed by atoms with Gasteiger partial charge in [0.05, 0.1) is 0 Å². The van der Waals surface area contributed by atoms with Crippen molar-refractivity contribution < 1.29 is 5.11 Å². The number of aliphatic hydroxyl groups excluding tert-OH is 1. The molecule has 1 heterocycles. The molecule has 0 aromatic carbocycles. The Morgan fingerprint density at radius 1 is 1.67 bits per heavy atom. The van der Waals surface area contributed by atoms with Crippen molar-refractivity contribution >= 4 is 0 Å². The third-order valence-electron chi connectivity index (χ3n) is 1.64. The van der Waals surface area contributed by atoms with E-state index in [0.717, 1.165) is 0 Å². The van der Waals surface area contributed by atoms with Crippen LogP contribution in [-0.2, 0) is 7.05 Å². The number of aryl methyl sites for hydroxylation is 2. The highest BCUT2D eigenvalue weighted by atomic mass is 16.3. The van der Waals surface area contributed by atoms with E-state index >= 15 is 0 Å². The molecule has 12 heavy (non-hydrogen) atoms. The van der Waals surface area contributed by atoms with Gasteiger partial charge in [-0.15, -0.1) is 0 Å². The Balaban J connectivity index is 2.79. The second-order valence-electron chi connectivity index (χ2n) is 2.73. The van der Waals surface area contributed by atoms with Crippen LogP contribution in [0.15, 0.2) is 0 Å². The lowest BCUT2D eigenvalue weighted by atomic mass is 10.2. The number of aliphatic hydroxyl groups is 1. The molecule has 0 bridgehead atoms. The predicted molar refractivity (Wildman–Crippen MR) is 44.4 cm³/mol. The van der Waals surface area contributed by atoms with Crippen LogP contribution in [0.2, 0.25) is 0 Å². The normalized spacial score (nSPS) is 13.3. The molecule has 0 spiro atoms. The van der Waals surface area contributed by atoms with Crippen LogP contribution in [0.1, 0.15) is 24.2 Å². The number of rotatable bonds is 3. The van der Waals surface area contributed by atoms with Crippen LogP contribution in [0.5, 0.6) is 0 Å². The molecule has 0 saturated heterocycles. The highest BCUT2D eigenvalue weighted by molar-refractivity contribution is 4.94. The fraction of sp³-hybridized carbons (Fsp3) is 0.714. The van der Waals surface area contributed by atoms with Crippen molar-refractivity contribution in [1.29, 1.82) is 0 Å². The number of hydrogen-bond acceptors (Lipinski definition) is 4. The van der Waals surface area contributed by atoms with Crippen LogP contribution in [0, 0.1) is 6.92 Å². The molecular formula is C7H14N4O. The Hall–Kier alpha value is -0.940. The van der Waals surface area contributed by atoms with E-state index in [-0.39, 0.29) is 0 Å². The summed E-state index contributed by atoms with van der Waals surface area (Å²) in [5, 5.41) is 13.5. The minimum atomic E-state index is -0.596. The van der Waals surface area contributed by atoms with E-state index in [9.17, 15) is 5.11 Å². The second kappa shape index (κ2) is 3.64. The standard InChI is InChI=1S/C7H14N4O/c1-5-9-7(11(2)10-5)6(12)3-4-8/h6,12H,3-4,8H2,1-2H3. The van der Waals surface area contributed by atoms with Gasteiger partial charge in [0.2, 0.25) is 0 Å². The lowest BCUT2D eigenvalue weighted by Crippen LogP contribution is -2.11. The zero-order valence-electron chi connectivity index (χ0n) is 7.36. The first-order valence-corrected chi connectivity index (χ1v) is 3.91. The van der Waals surface area contributed by atoms with Crippen LogP contribution in [0.25, 0.3) is 0 Å². The second-order valence-corrected chi connectivity index (χ2v) is 2.73. The van der Waals surface area contributed by atoms with E-state index < -0.39 is 6.10 Å². The van der Waals surface area contributed by atoms with Crippen molar-refractivity contribution in [2.75, 3.05) is 6.54 Å². The number of aromatic nitrogens is 3. The van der Waals surface area contributed by atoms with Gasteiger partial charge in [-0.05, 0) is 19.9 Å². The molecule has 1 aromatic rings. The maximum atomic E-state index is 9.51. The Morgan fingerprint density at radius 3 is 2.75 bits per heavy atom. The molecule has 0 fully saturated rings. The Labute approximate surface area is 71.2 Å². The summed E-state index contributed by atoms with van der Waals surface area (Å²) in [6.45, 7) is 2.24. The fourth-order valence-corrected chi connectivity index (χ4v) is 1.11. The topological polar surface area (TPSA) is 77.0 Å². The molecule has 5 nitrogen and oxygen atoms in total. The average molecular weight is 170 g/mol. The molecule has 1 unspecified atom stereocenters. The van der Waals surface area contributed by atoms with E-state index in [1.54, 1.807) is 18.7 Å². The monoisotopic (exact) mass is 170 g/mol. The number of hydrogen-bond donors (Lipinski definition) is 2. The molecule has 1 atom stereocenters. The van der Waals surface area contributed by atoms with Crippen LogP contribution in [0.4, 0.5) is 0 Å². The van der Waals surface area contributed by atoms with Gasteiger partial charge in [-0.25, -0.2) is 4.98 Å². The summed E-state index contributed by atoms with van der Waals surface area (Å²) < 4.78 is 1.58. The molecule has 1 rings (SSSR count). The Kier molecular flexibility index (Phi) is 2.78. The van der Waals surface area contributed by atoms with Gasteiger partial charge < -0.3 is 10.8 Å². The third-order valence-corrected chi connectivity index (χ3v) is 1.64. The van der Waals surface area contributed by atoms with Crippen molar-refractivity contribution in [1.82, 2.24) is 14.8 Å². The summed E-state index contributed by atoms with van der Waals surface area (Å²) in [7, 11) is 1.76. The first-order chi connectivity index (χ1) is 5.65. The van der Waals surface area contributed by atoms with E-state index in [1.807, 2.05) is 0 Å². The Morgan fingerprint density at radius 2 is 2.33 bits per heavy atom. The van der Waals surface area contributed by atoms with Gasteiger partial charge in [0.1, 0.15) is 11.9 Å². The van der Waals surface area contributed by atoms with Crippen LogP contribution >= 0.6 is 0 Å². The highest BCUT2D eigenvalue weighted by Crippen LogP contribution is 2.11. The van der Waals surface area contributed by atoms with Crippen molar-refractivity contribution in [2.24, 2.45) is 12.8 Å². The molecule has 3 N–H and O–H groups in total. The van der Waals surface area contributed by atoms with Gasteiger partial charge in [-0.1, -0.05) is 0 Å². The van der Waals surface area contributed by atoms with Crippen molar-refractivity contribution in [3.8, 4) is 0 Å².